The number of pyridine rings is 1. The van der Waals surface area contributed by atoms with E-state index in [-0.39, 0.29) is 11.5 Å². The summed E-state index contributed by atoms with van der Waals surface area (Å²) >= 11 is 0. The topological polar surface area (TPSA) is 84.5 Å². The lowest BCUT2D eigenvalue weighted by molar-refractivity contribution is -0.674. The summed E-state index contributed by atoms with van der Waals surface area (Å²) in [6.45, 7) is 2.53. The van der Waals surface area contributed by atoms with Gasteiger partial charge in [0.25, 0.3) is 0 Å². The van der Waals surface area contributed by atoms with Crippen LogP contribution in [0.5, 0.6) is 0 Å². The van der Waals surface area contributed by atoms with Gasteiger partial charge in [0, 0.05) is 43.4 Å². The SMILES string of the molecule is CN(C)c1ccc(C=Cc2ccc3ccccc3[n+]2CCO)cc1.Cc1ccc(S(=O)(=O)[O-])cc1. The Morgan fingerprint density at radius 3 is 2.14 bits per heavy atom. The summed E-state index contributed by atoms with van der Waals surface area (Å²) in [4.78, 5) is 1.91. The number of fused-ring (bicyclic) bond motifs is 1. The van der Waals surface area contributed by atoms with Crippen LogP contribution in [0.15, 0.2) is 89.8 Å². The number of benzene rings is 3. The maximum atomic E-state index is 10.4. The summed E-state index contributed by atoms with van der Waals surface area (Å²) < 4.78 is 33.3. The molecule has 0 atom stereocenters. The Labute approximate surface area is 207 Å². The first-order valence-electron chi connectivity index (χ1n) is 11.2. The van der Waals surface area contributed by atoms with E-state index in [9.17, 15) is 18.1 Å². The van der Waals surface area contributed by atoms with Crippen LogP contribution in [0, 0.1) is 6.92 Å². The Kier molecular flexibility index (Phi) is 8.76. The molecule has 0 aliphatic rings. The van der Waals surface area contributed by atoms with Crippen LogP contribution < -0.4 is 9.47 Å². The van der Waals surface area contributed by atoms with Crippen molar-refractivity contribution in [1.29, 1.82) is 0 Å². The highest BCUT2D eigenvalue weighted by molar-refractivity contribution is 7.85. The molecular weight excluding hydrogens is 460 g/mol. The number of aliphatic hydroxyl groups excluding tert-OH is 1. The standard InChI is InChI=1S/C21H23N2O.C7H8O3S/c1-22(2)19-11-7-17(8-12-19)9-13-20-14-10-18-5-3-4-6-21(18)23(20)15-16-24;1-6-2-4-7(5-3-6)11(8,9)10/h3-14,24H,15-16H2,1-2H3;2-5H,1H3,(H,8,9,10)/q+1;/p-1. The average molecular weight is 491 g/mol. The van der Waals surface area contributed by atoms with Gasteiger partial charge >= 0.3 is 0 Å². The average Bonchev–Trinajstić information content (AvgIpc) is 2.84. The van der Waals surface area contributed by atoms with Gasteiger partial charge in [0.1, 0.15) is 16.7 Å². The van der Waals surface area contributed by atoms with Gasteiger partial charge in [-0.1, -0.05) is 42.0 Å². The van der Waals surface area contributed by atoms with Crippen molar-refractivity contribution in [3.05, 3.63) is 102 Å². The molecule has 3 aromatic carbocycles. The second-order valence-electron chi connectivity index (χ2n) is 8.28. The number of para-hydroxylation sites is 1. The second-order valence-corrected chi connectivity index (χ2v) is 9.66. The summed E-state index contributed by atoms with van der Waals surface area (Å²) in [5, 5.41) is 10.6. The largest absolute Gasteiger partial charge is 0.744 e. The third kappa shape index (κ3) is 7.23. The number of nitrogens with zero attached hydrogens (tertiary/aromatic N) is 2. The molecule has 35 heavy (non-hydrogen) atoms. The van der Waals surface area contributed by atoms with Crippen molar-refractivity contribution in [2.24, 2.45) is 0 Å². The Bertz CT molecular complexity index is 1400. The lowest BCUT2D eigenvalue weighted by Crippen LogP contribution is -2.39. The van der Waals surface area contributed by atoms with E-state index in [2.05, 4.69) is 70.1 Å². The molecule has 1 N–H and O–H groups in total. The van der Waals surface area contributed by atoms with Crippen molar-refractivity contribution < 1.29 is 22.6 Å². The van der Waals surface area contributed by atoms with Crippen LogP contribution in [0.4, 0.5) is 5.69 Å². The fourth-order valence-corrected chi connectivity index (χ4v) is 4.01. The molecule has 0 amide bonds. The quantitative estimate of drug-likeness (QED) is 0.323. The van der Waals surface area contributed by atoms with Gasteiger partial charge in [-0.25, -0.2) is 8.42 Å². The van der Waals surface area contributed by atoms with E-state index in [1.807, 2.05) is 33.2 Å². The number of aryl methyl sites for hydroxylation is 1. The highest BCUT2D eigenvalue weighted by Gasteiger charge is 2.12. The molecule has 0 aliphatic heterocycles. The number of hydrogen-bond acceptors (Lipinski definition) is 5. The summed E-state index contributed by atoms with van der Waals surface area (Å²) in [6, 6.07) is 26.7. The molecule has 1 aromatic heterocycles. The van der Waals surface area contributed by atoms with E-state index in [0.29, 0.717) is 6.54 Å². The van der Waals surface area contributed by atoms with Crippen molar-refractivity contribution in [3.8, 4) is 0 Å². The molecule has 0 saturated heterocycles. The van der Waals surface area contributed by atoms with Crippen LogP contribution in [-0.2, 0) is 16.7 Å². The maximum Gasteiger partial charge on any atom is 0.213 e. The second kappa shape index (κ2) is 11.8. The summed E-state index contributed by atoms with van der Waals surface area (Å²) in [5.41, 5.74) is 5.49. The molecule has 0 spiro atoms. The van der Waals surface area contributed by atoms with E-state index < -0.39 is 10.1 Å². The number of aromatic nitrogens is 1. The first-order chi connectivity index (χ1) is 16.7. The molecule has 182 valence electrons. The predicted molar refractivity (Wildman–Crippen MR) is 140 cm³/mol. The Hall–Kier alpha value is -3.52. The minimum atomic E-state index is -4.27. The first kappa shape index (κ1) is 26.1. The highest BCUT2D eigenvalue weighted by Crippen LogP contribution is 2.16. The fourth-order valence-electron chi connectivity index (χ4n) is 3.54. The first-order valence-corrected chi connectivity index (χ1v) is 12.6. The molecule has 0 saturated carbocycles. The van der Waals surface area contributed by atoms with E-state index in [1.54, 1.807) is 12.1 Å². The van der Waals surface area contributed by atoms with E-state index >= 15 is 0 Å². The van der Waals surface area contributed by atoms with Crippen LogP contribution in [0.1, 0.15) is 16.8 Å². The van der Waals surface area contributed by atoms with Crippen molar-refractivity contribution in [2.45, 2.75) is 18.4 Å². The zero-order valence-electron chi connectivity index (χ0n) is 20.1. The molecule has 0 bridgehead atoms. The molecule has 7 heteroatoms. The molecule has 0 aliphatic carbocycles. The van der Waals surface area contributed by atoms with E-state index in [1.165, 1.54) is 23.2 Å². The number of aliphatic hydroxyl groups is 1. The molecule has 4 rings (SSSR count). The van der Waals surface area contributed by atoms with Crippen LogP contribution >= 0.6 is 0 Å². The van der Waals surface area contributed by atoms with Gasteiger partial charge in [-0.3, -0.25) is 0 Å². The zero-order valence-corrected chi connectivity index (χ0v) is 20.9. The smallest absolute Gasteiger partial charge is 0.213 e. The Morgan fingerprint density at radius 1 is 0.886 bits per heavy atom. The van der Waals surface area contributed by atoms with Gasteiger partial charge in [-0.05, 0) is 55.0 Å². The van der Waals surface area contributed by atoms with E-state index in [0.717, 1.165) is 22.3 Å². The summed E-state index contributed by atoms with van der Waals surface area (Å²) in [5.74, 6) is 0. The molecule has 4 aromatic rings. The van der Waals surface area contributed by atoms with Crippen molar-refractivity contribution in [3.63, 3.8) is 0 Å². The minimum absolute atomic E-state index is 0.122. The highest BCUT2D eigenvalue weighted by atomic mass is 32.2. The molecule has 0 fully saturated rings. The third-order valence-electron chi connectivity index (χ3n) is 5.46. The van der Waals surface area contributed by atoms with Crippen molar-refractivity contribution >= 4 is 38.9 Å². The molecular formula is C28H30N2O4S. The lowest BCUT2D eigenvalue weighted by Gasteiger charge is -2.11. The van der Waals surface area contributed by atoms with E-state index in [4.69, 9.17) is 0 Å². The molecule has 0 unspecified atom stereocenters. The zero-order chi connectivity index (χ0) is 25.4. The van der Waals surface area contributed by atoms with Gasteiger partial charge in [0.05, 0.1) is 4.90 Å². The van der Waals surface area contributed by atoms with Gasteiger partial charge in [0.2, 0.25) is 11.2 Å². The van der Waals surface area contributed by atoms with Gasteiger partial charge in [-0.15, -0.1) is 0 Å². The monoisotopic (exact) mass is 490 g/mol. The number of rotatable bonds is 6. The summed E-state index contributed by atoms with van der Waals surface area (Å²) in [7, 11) is -0.191. The Morgan fingerprint density at radius 2 is 1.54 bits per heavy atom. The number of hydrogen-bond donors (Lipinski definition) is 1. The van der Waals surface area contributed by atoms with Crippen molar-refractivity contribution in [1.82, 2.24) is 0 Å². The van der Waals surface area contributed by atoms with Crippen LogP contribution in [-0.4, -0.2) is 38.8 Å². The molecule has 6 nitrogen and oxygen atoms in total. The molecule has 0 radical (unpaired) electrons. The maximum absolute atomic E-state index is 10.4. The van der Waals surface area contributed by atoms with Crippen LogP contribution in [0.3, 0.4) is 0 Å². The number of anilines is 1. The van der Waals surface area contributed by atoms with Gasteiger partial charge in [-0.2, -0.15) is 4.57 Å². The van der Waals surface area contributed by atoms with Crippen LogP contribution in [0.2, 0.25) is 0 Å². The van der Waals surface area contributed by atoms with Gasteiger partial charge in [0.15, 0.2) is 6.54 Å². The Balaban J connectivity index is 0.000000261. The third-order valence-corrected chi connectivity index (χ3v) is 6.31. The van der Waals surface area contributed by atoms with Gasteiger partial charge < -0.3 is 14.6 Å². The fraction of sp³-hybridized carbons (Fsp3) is 0.179. The van der Waals surface area contributed by atoms with Crippen LogP contribution in [0.25, 0.3) is 23.1 Å². The minimum Gasteiger partial charge on any atom is -0.744 e. The summed E-state index contributed by atoms with van der Waals surface area (Å²) in [6.07, 6.45) is 4.21. The normalized spacial score (nSPS) is 11.3. The predicted octanol–water partition coefficient (Wildman–Crippen LogP) is 4.26. The lowest BCUT2D eigenvalue weighted by atomic mass is 10.1. The van der Waals surface area contributed by atoms with Crippen molar-refractivity contribution in [2.75, 3.05) is 25.6 Å². The molecule has 1 heterocycles.